The SMILES string of the molecule is Nc1c(F)ccc(S(=O)(=O)Nc2ccc(Cl)cc2Br)c1F. The van der Waals surface area contributed by atoms with Crippen LogP contribution in [0.1, 0.15) is 0 Å². The quantitative estimate of drug-likeness (QED) is 0.775. The highest BCUT2D eigenvalue weighted by molar-refractivity contribution is 9.10. The Hall–Kier alpha value is -1.38. The molecule has 0 fully saturated rings. The van der Waals surface area contributed by atoms with Crippen LogP contribution < -0.4 is 10.5 Å². The molecule has 112 valence electrons. The van der Waals surface area contributed by atoms with Crippen LogP contribution in [-0.2, 0) is 10.0 Å². The zero-order valence-corrected chi connectivity index (χ0v) is 13.4. The standard InChI is InChI=1S/C12H8BrClF2N2O2S/c13-7-5-6(14)1-3-9(7)18-21(19,20)10-4-2-8(15)12(17)11(10)16/h1-5,18H,17H2. The Bertz CT molecular complexity index is 815. The summed E-state index contributed by atoms with van der Waals surface area (Å²) in [6, 6.07) is 5.90. The van der Waals surface area contributed by atoms with Gasteiger partial charge in [0.05, 0.1) is 5.69 Å². The number of halogens is 4. The zero-order valence-electron chi connectivity index (χ0n) is 10.2. The Morgan fingerprint density at radius 2 is 1.86 bits per heavy atom. The van der Waals surface area contributed by atoms with Crippen molar-refractivity contribution in [1.29, 1.82) is 0 Å². The summed E-state index contributed by atoms with van der Waals surface area (Å²) in [5, 5.41) is 0.391. The smallest absolute Gasteiger partial charge is 0.264 e. The molecule has 0 radical (unpaired) electrons. The molecule has 0 spiro atoms. The van der Waals surface area contributed by atoms with E-state index in [0.717, 1.165) is 12.1 Å². The molecule has 0 atom stereocenters. The molecule has 4 nitrogen and oxygen atoms in total. The molecule has 0 aliphatic carbocycles. The highest BCUT2D eigenvalue weighted by Crippen LogP contribution is 2.29. The normalized spacial score (nSPS) is 11.4. The van der Waals surface area contributed by atoms with Crippen LogP contribution in [0.5, 0.6) is 0 Å². The van der Waals surface area contributed by atoms with Gasteiger partial charge in [-0.15, -0.1) is 0 Å². The summed E-state index contributed by atoms with van der Waals surface area (Å²) in [6.45, 7) is 0. The minimum atomic E-state index is -4.26. The second kappa shape index (κ2) is 5.78. The summed E-state index contributed by atoms with van der Waals surface area (Å²) in [4.78, 5) is -0.747. The third-order valence-electron chi connectivity index (χ3n) is 2.56. The lowest BCUT2D eigenvalue weighted by molar-refractivity contribution is 0.557. The maximum absolute atomic E-state index is 13.8. The van der Waals surface area contributed by atoms with Crippen molar-refractivity contribution in [1.82, 2.24) is 0 Å². The summed E-state index contributed by atoms with van der Waals surface area (Å²) in [5.74, 6) is -2.37. The van der Waals surface area contributed by atoms with Gasteiger partial charge >= 0.3 is 0 Å². The predicted molar refractivity (Wildman–Crippen MR) is 80.7 cm³/mol. The van der Waals surface area contributed by atoms with Crippen molar-refractivity contribution >= 4 is 48.9 Å². The van der Waals surface area contributed by atoms with Crippen LogP contribution >= 0.6 is 27.5 Å². The predicted octanol–water partition coefficient (Wildman–Crippen LogP) is 3.76. The van der Waals surface area contributed by atoms with Gasteiger partial charge in [-0.05, 0) is 46.3 Å². The molecule has 21 heavy (non-hydrogen) atoms. The van der Waals surface area contributed by atoms with Gasteiger partial charge in [0.1, 0.15) is 16.4 Å². The fraction of sp³-hybridized carbons (Fsp3) is 0. The molecule has 2 aromatic rings. The second-order valence-corrected chi connectivity index (χ2v) is 6.94. The fourth-order valence-electron chi connectivity index (χ4n) is 1.53. The van der Waals surface area contributed by atoms with E-state index in [2.05, 4.69) is 20.7 Å². The summed E-state index contributed by atoms with van der Waals surface area (Å²) in [5.41, 5.74) is 4.45. The monoisotopic (exact) mass is 396 g/mol. The number of hydrogen-bond donors (Lipinski definition) is 2. The van der Waals surface area contributed by atoms with E-state index in [1.165, 1.54) is 18.2 Å². The minimum absolute atomic E-state index is 0.154. The van der Waals surface area contributed by atoms with Crippen molar-refractivity contribution in [3.05, 3.63) is 51.5 Å². The van der Waals surface area contributed by atoms with Crippen LogP contribution in [0.15, 0.2) is 39.7 Å². The van der Waals surface area contributed by atoms with Crippen LogP contribution in [0.3, 0.4) is 0 Å². The van der Waals surface area contributed by atoms with E-state index >= 15 is 0 Å². The summed E-state index contributed by atoms with van der Waals surface area (Å²) >= 11 is 8.87. The Kier molecular flexibility index (Phi) is 4.40. The number of sulfonamides is 1. The molecule has 0 amide bonds. The molecule has 9 heteroatoms. The van der Waals surface area contributed by atoms with Gasteiger partial charge < -0.3 is 5.73 Å². The first-order chi connectivity index (χ1) is 9.72. The van der Waals surface area contributed by atoms with Gasteiger partial charge in [0.15, 0.2) is 5.82 Å². The number of nitrogens with two attached hydrogens (primary N) is 1. The van der Waals surface area contributed by atoms with Gasteiger partial charge in [0.25, 0.3) is 10.0 Å². The van der Waals surface area contributed by atoms with Crippen molar-refractivity contribution in [2.24, 2.45) is 0 Å². The van der Waals surface area contributed by atoms with E-state index in [-0.39, 0.29) is 5.69 Å². The summed E-state index contributed by atoms with van der Waals surface area (Å²) < 4.78 is 53.7. The van der Waals surface area contributed by atoms with E-state index < -0.39 is 32.2 Å². The van der Waals surface area contributed by atoms with Crippen molar-refractivity contribution in [3.63, 3.8) is 0 Å². The van der Waals surface area contributed by atoms with Gasteiger partial charge in [0.2, 0.25) is 0 Å². The Morgan fingerprint density at radius 1 is 1.19 bits per heavy atom. The molecule has 0 saturated carbocycles. The first kappa shape index (κ1) is 16.0. The average Bonchev–Trinajstić information content (AvgIpc) is 2.39. The molecule has 2 aromatic carbocycles. The molecular formula is C12H8BrClF2N2O2S. The number of nitrogens with one attached hydrogen (secondary N) is 1. The molecule has 0 aliphatic rings. The van der Waals surface area contributed by atoms with E-state index in [9.17, 15) is 17.2 Å². The van der Waals surface area contributed by atoms with E-state index in [1.807, 2.05) is 0 Å². The highest BCUT2D eigenvalue weighted by Gasteiger charge is 2.23. The maximum Gasteiger partial charge on any atom is 0.264 e. The fourth-order valence-corrected chi connectivity index (χ4v) is 3.61. The Morgan fingerprint density at radius 3 is 2.48 bits per heavy atom. The Balaban J connectivity index is 2.46. The number of nitrogen functional groups attached to an aromatic ring is 1. The summed E-state index contributed by atoms with van der Waals surface area (Å²) in [6.07, 6.45) is 0. The van der Waals surface area contributed by atoms with Gasteiger partial charge in [-0.1, -0.05) is 11.6 Å². The Labute approximate surface area is 133 Å². The van der Waals surface area contributed by atoms with Crippen molar-refractivity contribution in [2.75, 3.05) is 10.5 Å². The zero-order chi connectivity index (χ0) is 15.8. The molecule has 0 unspecified atom stereocenters. The van der Waals surface area contributed by atoms with Crippen molar-refractivity contribution < 1.29 is 17.2 Å². The lowest BCUT2D eigenvalue weighted by atomic mass is 10.3. The lowest BCUT2D eigenvalue weighted by Gasteiger charge is -2.11. The first-order valence-corrected chi connectivity index (χ1v) is 8.09. The third-order valence-corrected chi connectivity index (χ3v) is 4.83. The number of benzene rings is 2. The van der Waals surface area contributed by atoms with Gasteiger partial charge in [-0.3, -0.25) is 4.72 Å². The lowest BCUT2D eigenvalue weighted by Crippen LogP contribution is -2.16. The minimum Gasteiger partial charge on any atom is -0.394 e. The average molecular weight is 398 g/mol. The molecule has 0 saturated heterocycles. The molecule has 0 aromatic heterocycles. The van der Waals surface area contributed by atoms with Gasteiger partial charge in [0, 0.05) is 9.50 Å². The largest absolute Gasteiger partial charge is 0.394 e. The first-order valence-electron chi connectivity index (χ1n) is 5.43. The number of rotatable bonds is 3. The van der Waals surface area contributed by atoms with Crippen LogP contribution in [0.2, 0.25) is 5.02 Å². The van der Waals surface area contributed by atoms with Crippen molar-refractivity contribution in [2.45, 2.75) is 4.90 Å². The maximum atomic E-state index is 13.8. The van der Waals surface area contributed by atoms with E-state index in [0.29, 0.717) is 9.50 Å². The second-order valence-electron chi connectivity index (χ2n) is 4.00. The van der Waals surface area contributed by atoms with Crippen LogP contribution in [-0.4, -0.2) is 8.42 Å². The van der Waals surface area contributed by atoms with Crippen LogP contribution in [0.4, 0.5) is 20.2 Å². The number of hydrogen-bond acceptors (Lipinski definition) is 3. The third kappa shape index (κ3) is 3.28. The van der Waals surface area contributed by atoms with Gasteiger partial charge in [-0.25, -0.2) is 17.2 Å². The van der Waals surface area contributed by atoms with Crippen LogP contribution in [0, 0.1) is 11.6 Å². The van der Waals surface area contributed by atoms with Crippen LogP contribution in [0.25, 0.3) is 0 Å². The summed E-state index contributed by atoms with van der Waals surface area (Å²) in [7, 11) is -4.26. The van der Waals surface area contributed by atoms with Crippen molar-refractivity contribution in [3.8, 4) is 0 Å². The molecule has 0 aliphatic heterocycles. The topological polar surface area (TPSA) is 72.2 Å². The highest BCUT2D eigenvalue weighted by atomic mass is 79.9. The van der Waals surface area contributed by atoms with Gasteiger partial charge in [-0.2, -0.15) is 0 Å². The molecule has 2 rings (SSSR count). The molecule has 0 bridgehead atoms. The molecule has 0 heterocycles. The molecular weight excluding hydrogens is 390 g/mol. The molecule has 3 N–H and O–H groups in total. The van der Waals surface area contributed by atoms with E-state index in [1.54, 1.807) is 0 Å². The van der Waals surface area contributed by atoms with E-state index in [4.69, 9.17) is 17.3 Å². The number of anilines is 2.